The average Bonchev–Trinajstić information content (AvgIpc) is 3.29. The summed E-state index contributed by atoms with van der Waals surface area (Å²) in [6, 6.07) is 9.69. The highest BCUT2D eigenvalue weighted by atomic mass is 35.5. The molecule has 2 amide bonds. The van der Waals surface area contributed by atoms with E-state index in [0.29, 0.717) is 43.3 Å². The fourth-order valence-electron chi connectivity index (χ4n) is 4.48. The lowest BCUT2D eigenvalue weighted by molar-refractivity contribution is -0.147. The van der Waals surface area contributed by atoms with Gasteiger partial charge in [0.15, 0.2) is 0 Å². The zero-order valence-electron chi connectivity index (χ0n) is 23.7. The van der Waals surface area contributed by atoms with Crippen LogP contribution in [0, 0.1) is 5.82 Å². The Kier molecular flexibility index (Phi) is 12.8. The normalized spacial score (nSPS) is 12.5. The van der Waals surface area contributed by atoms with Crippen LogP contribution in [0.5, 0.6) is 0 Å². The molecule has 3 rings (SSSR count). The number of aryl methyl sites for hydroxylation is 2. The number of carbonyl (C=O) groups excluding carboxylic acids is 3. The number of amides is 2. The molecule has 0 saturated carbocycles. The smallest absolute Gasteiger partial charge is 0.328 e. The molecule has 0 radical (unpaired) electrons. The molecule has 0 aliphatic carbocycles. The van der Waals surface area contributed by atoms with Crippen molar-refractivity contribution in [3.05, 3.63) is 59.7 Å². The summed E-state index contributed by atoms with van der Waals surface area (Å²) in [7, 11) is 1.90. The van der Waals surface area contributed by atoms with Crippen LogP contribution in [0.1, 0.15) is 24.7 Å². The zero-order chi connectivity index (χ0) is 30.6. The van der Waals surface area contributed by atoms with Crippen molar-refractivity contribution in [3.63, 3.8) is 0 Å². The minimum atomic E-state index is -0.997. The van der Waals surface area contributed by atoms with Gasteiger partial charge in [-0.25, -0.2) is 14.2 Å². The Bertz CT molecular complexity index is 1350. The molecule has 4 N–H and O–H groups in total. The quantitative estimate of drug-likeness (QED) is 0.165. The molecule has 13 heteroatoms. The third-order valence-corrected chi connectivity index (χ3v) is 7.07. The van der Waals surface area contributed by atoms with Crippen molar-refractivity contribution in [1.29, 1.82) is 0 Å². The second-order valence-corrected chi connectivity index (χ2v) is 10.4. The van der Waals surface area contributed by atoms with Crippen LogP contribution in [0.2, 0.25) is 0 Å². The van der Waals surface area contributed by atoms with E-state index < -0.39 is 35.7 Å². The van der Waals surface area contributed by atoms with Crippen LogP contribution in [0.4, 0.5) is 10.1 Å². The lowest BCUT2D eigenvalue weighted by atomic mass is 10.1. The fraction of sp³-hybridized carbons (Fsp3) is 0.448. The van der Waals surface area contributed by atoms with E-state index in [1.165, 1.54) is 24.3 Å². The maximum absolute atomic E-state index is 13.2. The average molecular weight is 624 g/mol. The van der Waals surface area contributed by atoms with Crippen LogP contribution in [0.25, 0.3) is 11.0 Å². The second-order valence-electron chi connectivity index (χ2n) is 9.69. The monoisotopic (exact) mass is 622 g/mol. The number of fused-ring (bicyclic) bond motifs is 1. The summed E-state index contributed by atoms with van der Waals surface area (Å²) in [6.45, 7) is 2.74. The number of ether oxygens (including phenoxy) is 1. The number of esters is 1. The number of hydrogen-bond donors (Lipinski definition) is 3. The van der Waals surface area contributed by atoms with Crippen LogP contribution in [0.3, 0.4) is 0 Å². The number of halogens is 3. The lowest BCUT2D eigenvalue weighted by Crippen LogP contribution is -2.49. The van der Waals surface area contributed by atoms with Gasteiger partial charge in [0, 0.05) is 50.4 Å². The Morgan fingerprint density at radius 1 is 1.12 bits per heavy atom. The van der Waals surface area contributed by atoms with E-state index in [2.05, 4.69) is 15.5 Å². The van der Waals surface area contributed by atoms with Gasteiger partial charge >= 0.3 is 5.97 Å². The van der Waals surface area contributed by atoms with E-state index in [9.17, 15) is 18.8 Å². The molecular formula is C29H37Cl2FN6O4. The first-order chi connectivity index (χ1) is 20.2. The SMILES string of the molecule is CCOC(=O)C(Cc1ccc(F)cc1)NC(=O)CNC(=O)C(N)CCc1nc2cc(N(CCCl)CCCl)ccc2n1C. The molecule has 1 aromatic heterocycles. The number of carbonyl (C=O) groups is 3. The van der Waals surface area contributed by atoms with Crippen molar-refractivity contribution in [1.82, 2.24) is 20.2 Å². The van der Waals surface area contributed by atoms with Crippen molar-refractivity contribution in [2.24, 2.45) is 12.8 Å². The number of hydrogen-bond acceptors (Lipinski definition) is 7. The van der Waals surface area contributed by atoms with Crippen molar-refractivity contribution in [2.45, 2.75) is 38.3 Å². The van der Waals surface area contributed by atoms with Crippen LogP contribution in [-0.2, 0) is 39.0 Å². The standard InChI is InChI=1S/C29H37Cl2FN6O4/c1-3-42-29(41)24(16-19-4-6-20(32)7-5-19)36-27(39)18-34-28(40)22(33)9-11-26-35-23-17-21(8-10-25(23)37(26)2)38(14-12-30)15-13-31/h4-8,10,17,22,24H,3,9,11-16,18,33H2,1-2H3,(H,34,40)(H,36,39). The summed E-state index contributed by atoms with van der Waals surface area (Å²) in [5, 5.41) is 5.09. The number of aromatic nitrogens is 2. The summed E-state index contributed by atoms with van der Waals surface area (Å²) >= 11 is 11.9. The number of imidazole rings is 1. The molecule has 1 heterocycles. The molecule has 0 aliphatic rings. The Labute approximate surface area is 254 Å². The summed E-state index contributed by atoms with van der Waals surface area (Å²) in [4.78, 5) is 44.4. The number of nitrogens with two attached hydrogens (primary N) is 1. The van der Waals surface area contributed by atoms with Gasteiger partial charge in [0.2, 0.25) is 11.8 Å². The molecule has 2 atom stereocenters. The number of alkyl halides is 2. The molecule has 0 aliphatic heterocycles. The first kappa shape index (κ1) is 33.1. The first-order valence-electron chi connectivity index (χ1n) is 13.7. The predicted molar refractivity (Wildman–Crippen MR) is 162 cm³/mol. The van der Waals surface area contributed by atoms with Gasteiger partial charge in [0.05, 0.1) is 30.2 Å². The van der Waals surface area contributed by atoms with E-state index in [4.69, 9.17) is 38.7 Å². The Morgan fingerprint density at radius 3 is 2.45 bits per heavy atom. The minimum Gasteiger partial charge on any atom is -0.464 e. The highest BCUT2D eigenvalue weighted by Crippen LogP contribution is 2.23. The molecule has 228 valence electrons. The van der Waals surface area contributed by atoms with Gasteiger partial charge in [0.1, 0.15) is 17.7 Å². The van der Waals surface area contributed by atoms with Crippen molar-refractivity contribution >= 4 is 57.7 Å². The number of nitrogens with zero attached hydrogens (tertiary/aromatic N) is 3. The van der Waals surface area contributed by atoms with Gasteiger partial charge < -0.3 is 30.6 Å². The van der Waals surface area contributed by atoms with Gasteiger partial charge in [-0.1, -0.05) is 12.1 Å². The Morgan fingerprint density at radius 2 is 1.81 bits per heavy atom. The van der Waals surface area contributed by atoms with Crippen molar-refractivity contribution in [3.8, 4) is 0 Å². The molecule has 42 heavy (non-hydrogen) atoms. The summed E-state index contributed by atoms with van der Waals surface area (Å²) in [5.74, 6) is -0.402. The summed E-state index contributed by atoms with van der Waals surface area (Å²) in [5.41, 5.74) is 9.48. The second kappa shape index (κ2) is 16.3. The highest BCUT2D eigenvalue weighted by molar-refractivity contribution is 6.18. The molecule has 2 unspecified atom stereocenters. The Hall–Kier alpha value is -3.41. The van der Waals surface area contributed by atoms with E-state index in [0.717, 1.165) is 22.5 Å². The van der Waals surface area contributed by atoms with Gasteiger partial charge in [-0.2, -0.15) is 0 Å². The van der Waals surface area contributed by atoms with Crippen LogP contribution in [0.15, 0.2) is 42.5 Å². The number of rotatable bonds is 16. The molecule has 0 spiro atoms. The van der Waals surface area contributed by atoms with E-state index >= 15 is 0 Å². The van der Waals surface area contributed by atoms with Crippen LogP contribution in [-0.4, -0.2) is 77.4 Å². The minimum absolute atomic E-state index is 0.106. The van der Waals surface area contributed by atoms with Gasteiger partial charge in [-0.3, -0.25) is 9.59 Å². The molecule has 0 fully saturated rings. The molecule has 10 nitrogen and oxygen atoms in total. The largest absolute Gasteiger partial charge is 0.464 e. The zero-order valence-corrected chi connectivity index (χ0v) is 25.3. The first-order valence-corrected chi connectivity index (χ1v) is 14.8. The van der Waals surface area contributed by atoms with E-state index in [1.807, 2.05) is 29.8 Å². The molecule has 0 bridgehead atoms. The van der Waals surface area contributed by atoms with E-state index in [1.54, 1.807) is 6.92 Å². The summed E-state index contributed by atoms with van der Waals surface area (Å²) in [6.07, 6.45) is 0.852. The maximum atomic E-state index is 13.2. The third kappa shape index (κ3) is 9.30. The topological polar surface area (TPSA) is 132 Å². The van der Waals surface area contributed by atoms with Crippen molar-refractivity contribution < 1.29 is 23.5 Å². The summed E-state index contributed by atoms with van der Waals surface area (Å²) < 4.78 is 20.3. The number of nitrogens with one attached hydrogen (secondary N) is 2. The van der Waals surface area contributed by atoms with Gasteiger partial charge in [0.25, 0.3) is 0 Å². The van der Waals surface area contributed by atoms with Gasteiger partial charge in [-0.15, -0.1) is 23.2 Å². The Balaban J connectivity index is 1.54. The molecule has 2 aromatic carbocycles. The molecule has 3 aromatic rings. The molecular weight excluding hydrogens is 586 g/mol. The maximum Gasteiger partial charge on any atom is 0.328 e. The van der Waals surface area contributed by atoms with Crippen LogP contribution < -0.4 is 21.3 Å². The predicted octanol–water partition coefficient (Wildman–Crippen LogP) is 2.66. The van der Waals surface area contributed by atoms with Crippen LogP contribution >= 0.6 is 23.2 Å². The fourth-order valence-corrected chi connectivity index (χ4v) is 4.89. The lowest BCUT2D eigenvalue weighted by Gasteiger charge is -2.22. The number of benzene rings is 2. The molecule has 0 saturated heterocycles. The highest BCUT2D eigenvalue weighted by Gasteiger charge is 2.24. The van der Waals surface area contributed by atoms with Crippen molar-refractivity contribution in [2.75, 3.05) is 42.9 Å². The third-order valence-electron chi connectivity index (χ3n) is 6.73. The number of anilines is 1. The van der Waals surface area contributed by atoms with Gasteiger partial charge in [-0.05, 0) is 49.2 Å². The van der Waals surface area contributed by atoms with E-state index in [-0.39, 0.29) is 19.6 Å².